The van der Waals surface area contributed by atoms with Crippen LogP contribution in [0.3, 0.4) is 0 Å². The molecule has 1 aliphatic heterocycles. The van der Waals surface area contributed by atoms with Gasteiger partial charge in [-0.15, -0.1) is 0 Å². The summed E-state index contributed by atoms with van der Waals surface area (Å²) >= 11 is 0. The van der Waals surface area contributed by atoms with Crippen molar-refractivity contribution in [2.75, 3.05) is 13.2 Å². The van der Waals surface area contributed by atoms with Crippen molar-refractivity contribution in [2.45, 2.75) is 25.8 Å². The maximum Gasteiger partial charge on any atom is 0.0672 e. The highest BCUT2D eigenvalue weighted by Gasteiger charge is 2.42. The number of ether oxygens (including phenoxy) is 1. The van der Waals surface area contributed by atoms with Crippen molar-refractivity contribution in [3.8, 4) is 0 Å². The lowest BCUT2D eigenvalue weighted by molar-refractivity contribution is -0.0383. The molecule has 0 radical (unpaired) electrons. The van der Waals surface area contributed by atoms with Crippen molar-refractivity contribution in [1.82, 2.24) is 0 Å². The van der Waals surface area contributed by atoms with Gasteiger partial charge in [0.25, 0.3) is 0 Å². The molecular weight excluding hydrogens is 246 g/mol. The van der Waals surface area contributed by atoms with Gasteiger partial charge in [-0.3, -0.25) is 0 Å². The van der Waals surface area contributed by atoms with E-state index < -0.39 is 0 Å². The lowest BCUT2D eigenvalue weighted by atomic mass is 9.71. The Morgan fingerprint density at radius 2 is 1.75 bits per heavy atom. The molecule has 1 saturated heterocycles. The van der Waals surface area contributed by atoms with Gasteiger partial charge in [0.2, 0.25) is 0 Å². The second-order valence-electron chi connectivity index (χ2n) is 5.79. The molecule has 0 bridgehead atoms. The molecule has 0 aliphatic carbocycles. The third-order valence-corrected chi connectivity index (χ3v) is 4.35. The Morgan fingerprint density at radius 1 is 1.05 bits per heavy atom. The summed E-state index contributed by atoms with van der Waals surface area (Å²) in [4.78, 5) is 0. The smallest absolute Gasteiger partial charge is 0.0672 e. The van der Waals surface area contributed by atoms with Gasteiger partial charge in [-0.25, -0.2) is 0 Å². The molecule has 0 atom stereocenters. The van der Waals surface area contributed by atoms with Gasteiger partial charge in [0, 0.05) is 6.54 Å². The molecule has 3 rings (SSSR count). The Hall–Kier alpha value is -1.64. The van der Waals surface area contributed by atoms with Crippen LogP contribution in [0.25, 0.3) is 0 Å². The van der Waals surface area contributed by atoms with E-state index in [4.69, 9.17) is 10.5 Å². The molecule has 104 valence electrons. The average molecular weight is 267 g/mol. The van der Waals surface area contributed by atoms with Gasteiger partial charge in [0.1, 0.15) is 0 Å². The van der Waals surface area contributed by atoms with Crippen LogP contribution in [0, 0.1) is 13.8 Å². The van der Waals surface area contributed by atoms with Crippen molar-refractivity contribution < 1.29 is 4.74 Å². The predicted octanol–water partition coefficient (Wildman–Crippen LogP) is 3.08. The van der Waals surface area contributed by atoms with E-state index in [1.807, 2.05) is 0 Å². The van der Waals surface area contributed by atoms with Gasteiger partial charge in [0.15, 0.2) is 0 Å². The molecule has 0 amide bonds. The van der Waals surface area contributed by atoms with Crippen LogP contribution in [0.4, 0.5) is 0 Å². The van der Waals surface area contributed by atoms with E-state index in [-0.39, 0.29) is 5.41 Å². The summed E-state index contributed by atoms with van der Waals surface area (Å²) in [6, 6.07) is 15.3. The third-order valence-electron chi connectivity index (χ3n) is 4.35. The molecule has 1 heterocycles. The zero-order chi connectivity index (χ0) is 14.2. The number of aryl methyl sites for hydroxylation is 2. The van der Waals surface area contributed by atoms with E-state index in [1.165, 1.54) is 27.8 Å². The summed E-state index contributed by atoms with van der Waals surface area (Å²) in [5, 5.41) is 0. The molecule has 20 heavy (non-hydrogen) atoms. The Morgan fingerprint density at radius 3 is 2.30 bits per heavy atom. The van der Waals surface area contributed by atoms with E-state index in [9.17, 15) is 0 Å². The summed E-state index contributed by atoms with van der Waals surface area (Å²) in [6.45, 7) is 6.45. The van der Waals surface area contributed by atoms with E-state index in [0.29, 0.717) is 6.54 Å². The lowest BCUT2D eigenvalue weighted by Gasteiger charge is -2.43. The van der Waals surface area contributed by atoms with Crippen LogP contribution in [0.1, 0.15) is 27.8 Å². The van der Waals surface area contributed by atoms with Crippen molar-refractivity contribution >= 4 is 0 Å². The Balaban J connectivity index is 2.08. The minimum atomic E-state index is 0.0171. The van der Waals surface area contributed by atoms with Crippen molar-refractivity contribution in [1.29, 1.82) is 0 Å². The summed E-state index contributed by atoms with van der Waals surface area (Å²) in [5.41, 5.74) is 12.2. The number of hydrogen-bond acceptors (Lipinski definition) is 2. The maximum atomic E-state index is 5.69. The average Bonchev–Trinajstić information content (AvgIpc) is 2.42. The first-order chi connectivity index (χ1) is 9.65. The molecule has 0 saturated carbocycles. The molecule has 2 aromatic carbocycles. The number of hydrogen-bond donors (Lipinski definition) is 1. The fourth-order valence-electron chi connectivity index (χ4n) is 3.00. The fraction of sp³-hybridized carbons (Fsp3) is 0.333. The number of rotatable bonds is 3. The van der Waals surface area contributed by atoms with E-state index in [2.05, 4.69) is 56.3 Å². The summed E-state index contributed by atoms with van der Waals surface area (Å²) < 4.78 is 5.57. The van der Waals surface area contributed by atoms with Crippen LogP contribution in [0.15, 0.2) is 42.5 Å². The van der Waals surface area contributed by atoms with Crippen LogP contribution in [-0.2, 0) is 16.7 Å². The van der Waals surface area contributed by atoms with E-state index >= 15 is 0 Å². The lowest BCUT2D eigenvalue weighted by Crippen LogP contribution is -2.48. The van der Waals surface area contributed by atoms with Crippen LogP contribution in [0.5, 0.6) is 0 Å². The molecule has 0 unspecified atom stereocenters. The topological polar surface area (TPSA) is 35.2 Å². The van der Waals surface area contributed by atoms with Gasteiger partial charge in [0.05, 0.1) is 18.6 Å². The first-order valence-corrected chi connectivity index (χ1v) is 7.11. The molecule has 0 spiro atoms. The first-order valence-electron chi connectivity index (χ1n) is 7.11. The fourth-order valence-corrected chi connectivity index (χ4v) is 3.00. The van der Waals surface area contributed by atoms with Gasteiger partial charge >= 0.3 is 0 Å². The second-order valence-corrected chi connectivity index (χ2v) is 5.79. The SMILES string of the molecule is Cc1ccc(C)c(C2(c3ccc(CN)cc3)COC2)c1. The van der Waals surface area contributed by atoms with Crippen LogP contribution >= 0.6 is 0 Å². The third kappa shape index (κ3) is 2.05. The van der Waals surface area contributed by atoms with Gasteiger partial charge in [-0.05, 0) is 36.1 Å². The highest BCUT2D eigenvalue weighted by molar-refractivity contribution is 5.47. The summed E-state index contributed by atoms with van der Waals surface area (Å²) in [7, 11) is 0. The Bertz CT molecular complexity index is 612. The minimum absolute atomic E-state index is 0.0171. The predicted molar refractivity (Wildman–Crippen MR) is 81.8 cm³/mol. The second kappa shape index (κ2) is 5.04. The van der Waals surface area contributed by atoms with Gasteiger partial charge < -0.3 is 10.5 Å². The van der Waals surface area contributed by atoms with Gasteiger partial charge in [-0.1, -0.05) is 48.0 Å². The zero-order valence-electron chi connectivity index (χ0n) is 12.1. The largest absolute Gasteiger partial charge is 0.379 e. The number of nitrogens with two attached hydrogens (primary N) is 1. The van der Waals surface area contributed by atoms with E-state index in [1.54, 1.807) is 0 Å². The quantitative estimate of drug-likeness (QED) is 0.927. The Kier molecular flexibility index (Phi) is 3.36. The minimum Gasteiger partial charge on any atom is -0.379 e. The first kappa shape index (κ1) is 13.3. The molecular formula is C18H21NO. The highest BCUT2D eigenvalue weighted by Crippen LogP contribution is 2.41. The molecule has 1 aliphatic rings. The zero-order valence-corrected chi connectivity index (χ0v) is 12.1. The Labute approximate surface area is 120 Å². The molecule has 0 aromatic heterocycles. The molecule has 2 N–H and O–H groups in total. The van der Waals surface area contributed by atoms with Gasteiger partial charge in [-0.2, -0.15) is 0 Å². The van der Waals surface area contributed by atoms with Crippen LogP contribution in [-0.4, -0.2) is 13.2 Å². The summed E-state index contributed by atoms with van der Waals surface area (Å²) in [6.07, 6.45) is 0. The maximum absolute atomic E-state index is 5.69. The van der Waals surface area contributed by atoms with Crippen molar-refractivity contribution in [3.05, 3.63) is 70.3 Å². The normalized spacial score (nSPS) is 16.8. The molecule has 2 nitrogen and oxygen atoms in total. The highest BCUT2D eigenvalue weighted by atomic mass is 16.5. The standard InChI is InChI=1S/C18H21NO/c1-13-3-4-14(2)17(9-13)18(11-20-12-18)16-7-5-15(10-19)6-8-16/h3-9H,10-12,19H2,1-2H3. The van der Waals surface area contributed by atoms with E-state index in [0.717, 1.165) is 13.2 Å². The molecule has 2 heteroatoms. The molecule has 2 aromatic rings. The van der Waals surface area contributed by atoms with Crippen LogP contribution in [0.2, 0.25) is 0 Å². The van der Waals surface area contributed by atoms with Crippen molar-refractivity contribution in [2.24, 2.45) is 5.73 Å². The monoisotopic (exact) mass is 267 g/mol. The molecule has 1 fully saturated rings. The van der Waals surface area contributed by atoms with Crippen LogP contribution < -0.4 is 5.73 Å². The summed E-state index contributed by atoms with van der Waals surface area (Å²) in [5.74, 6) is 0. The van der Waals surface area contributed by atoms with Crippen molar-refractivity contribution in [3.63, 3.8) is 0 Å². The number of benzene rings is 2.